The van der Waals surface area contributed by atoms with E-state index in [1.165, 1.54) is 14.0 Å². The number of likely N-dealkylation sites (N-methyl/N-ethyl adjacent to an activating group) is 1. The minimum absolute atomic E-state index is 0.366. The van der Waals surface area contributed by atoms with Gasteiger partial charge in [0.25, 0.3) is 0 Å². The van der Waals surface area contributed by atoms with Gasteiger partial charge in [-0.05, 0) is 27.7 Å². The second kappa shape index (κ2) is 9.88. The normalized spacial score (nSPS) is 17.8. The molecule has 0 aliphatic rings. The second-order valence-electron chi connectivity index (χ2n) is 6.89. The molecular weight excluding hydrogens is 336 g/mol. The van der Waals surface area contributed by atoms with E-state index in [-0.39, 0.29) is 6.54 Å². The Morgan fingerprint density at radius 3 is 2.00 bits per heavy atom. The van der Waals surface area contributed by atoms with Crippen molar-refractivity contribution < 1.29 is 39.9 Å². The molecule has 0 heterocycles. The van der Waals surface area contributed by atoms with Crippen LogP contribution in [0, 0.1) is 0 Å². The standard InChI is InChI=1S/C15H30N2O8/c1-8(16-14(24)25-15(2,3)4)13(23)17(5)6-9(19)11(21)12(22)10(20)7-18/h8-12,18-22H,6-7H2,1-5H3,(H,16,24)/t8-,9-,10+,11+,12+/m0/s1. The highest BCUT2D eigenvalue weighted by Gasteiger charge is 2.32. The van der Waals surface area contributed by atoms with Crippen LogP contribution in [0.4, 0.5) is 4.79 Å². The van der Waals surface area contributed by atoms with Crippen molar-refractivity contribution in [2.24, 2.45) is 0 Å². The van der Waals surface area contributed by atoms with E-state index in [1.54, 1.807) is 20.8 Å². The van der Waals surface area contributed by atoms with Crippen molar-refractivity contribution in [3.63, 3.8) is 0 Å². The lowest BCUT2D eigenvalue weighted by Gasteiger charge is -2.30. The molecule has 0 aliphatic carbocycles. The maximum atomic E-state index is 12.2. The number of aliphatic hydroxyl groups excluding tert-OH is 5. The number of nitrogens with zero attached hydrogens (tertiary/aromatic N) is 1. The molecule has 0 aromatic rings. The van der Waals surface area contributed by atoms with E-state index in [9.17, 15) is 30.0 Å². The van der Waals surface area contributed by atoms with E-state index in [4.69, 9.17) is 9.84 Å². The van der Waals surface area contributed by atoms with E-state index < -0.39 is 54.7 Å². The average molecular weight is 366 g/mol. The van der Waals surface area contributed by atoms with Crippen molar-refractivity contribution in [1.82, 2.24) is 10.2 Å². The molecule has 0 saturated heterocycles. The smallest absolute Gasteiger partial charge is 0.408 e. The minimum atomic E-state index is -1.78. The van der Waals surface area contributed by atoms with Crippen LogP contribution in [0.1, 0.15) is 27.7 Å². The molecule has 0 aliphatic heterocycles. The third kappa shape index (κ3) is 8.45. The summed E-state index contributed by atoms with van der Waals surface area (Å²) in [7, 11) is 1.33. The maximum Gasteiger partial charge on any atom is 0.408 e. The molecule has 148 valence electrons. The molecule has 6 N–H and O–H groups in total. The van der Waals surface area contributed by atoms with E-state index >= 15 is 0 Å². The number of alkyl carbamates (subject to hydrolysis) is 1. The summed E-state index contributed by atoms with van der Waals surface area (Å²) in [5.41, 5.74) is -0.720. The fourth-order valence-corrected chi connectivity index (χ4v) is 1.92. The van der Waals surface area contributed by atoms with Crippen molar-refractivity contribution in [3.8, 4) is 0 Å². The van der Waals surface area contributed by atoms with Crippen molar-refractivity contribution in [1.29, 1.82) is 0 Å². The minimum Gasteiger partial charge on any atom is -0.444 e. The third-order valence-corrected chi connectivity index (χ3v) is 3.27. The third-order valence-electron chi connectivity index (χ3n) is 3.27. The molecule has 0 rings (SSSR count). The number of nitrogens with one attached hydrogen (secondary N) is 1. The van der Waals surface area contributed by atoms with Crippen LogP contribution in [0.3, 0.4) is 0 Å². The van der Waals surface area contributed by atoms with E-state index in [0.29, 0.717) is 0 Å². The lowest BCUT2D eigenvalue weighted by atomic mass is 10.0. The summed E-state index contributed by atoms with van der Waals surface area (Å²) >= 11 is 0. The van der Waals surface area contributed by atoms with Crippen molar-refractivity contribution in [2.75, 3.05) is 20.2 Å². The molecule has 0 aromatic carbocycles. The molecule has 10 heteroatoms. The van der Waals surface area contributed by atoms with Crippen LogP contribution in [-0.4, -0.2) is 98.7 Å². The van der Waals surface area contributed by atoms with Crippen LogP contribution < -0.4 is 5.32 Å². The van der Waals surface area contributed by atoms with Gasteiger partial charge in [-0.1, -0.05) is 0 Å². The van der Waals surface area contributed by atoms with E-state index in [0.717, 1.165) is 4.90 Å². The van der Waals surface area contributed by atoms with Gasteiger partial charge in [0.2, 0.25) is 5.91 Å². The molecular formula is C15H30N2O8. The highest BCUT2D eigenvalue weighted by atomic mass is 16.6. The Hall–Kier alpha value is -1.46. The number of rotatable bonds is 8. The molecule has 0 unspecified atom stereocenters. The van der Waals surface area contributed by atoms with Crippen LogP contribution in [0.5, 0.6) is 0 Å². The number of carbonyl (C=O) groups is 2. The Labute approximate surface area is 147 Å². The fraction of sp³-hybridized carbons (Fsp3) is 0.867. The number of amides is 2. The molecule has 5 atom stereocenters. The number of aliphatic hydroxyl groups is 5. The van der Waals surface area contributed by atoms with Gasteiger partial charge in [-0.3, -0.25) is 4.79 Å². The number of ether oxygens (including phenoxy) is 1. The summed E-state index contributed by atoms with van der Waals surface area (Å²) < 4.78 is 5.03. The van der Waals surface area contributed by atoms with Crippen LogP contribution in [0.15, 0.2) is 0 Å². The fourth-order valence-electron chi connectivity index (χ4n) is 1.92. The first kappa shape index (κ1) is 23.5. The van der Waals surface area contributed by atoms with Crippen LogP contribution >= 0.6 is 0 Å². The molecule has 0 aromatic heterocycles. The molecule has 0 fully saturated rings. The predicted molar refractivity (Wildman–Crippen MR) is 87.6 cm³/mol. The first-order valence-corrected chi connectivity index (χ1v) is 7.87. The summed E-state index contributed by atoms with van der Waals surface area (Å²) in [5.74, 6) is -0.561. The molecule has 0 saturated carbocycles. The van der Waals surface area contributed by atoms with Gasteiger partial charge >= 0.3 is 6.09 Å². The lowest BCUT2D eigenvalue weighted by molar-refractivity contribution is -0.139. The Morgan fingerprint density at radius 1 is 1.08 bits per heavy atom. The number of hydrogen-bond acceptors (Lipinski definition) is 8. The Bertz CT molecular complexity index is 440. The lowest BCUT2D eigenvalue weighted by Crippen LogP contribution is -2.52. The Balaban J connectivity index is 4.60. The van der Waals surface area contributed by atoms with Crippen LogP contribution in [-0.2, 0) is 9.53 Å². The molecule has 0 spiro atoms. The summed E-state index contributed by atoms with van der Waals surface area (Å²) in [6, 6.07) is -0.947. The van der Waals surface area contributed by atoms with E-state index in [1.807, 2.05) is 0 Å². The topological polar surface area (TPSA) is 160 Å². The highest BCUT2D eigenvalue weighted by molar-refractivity contribution is 5.85. The van der Waals surface area contributed by atoms with Crippen LogP contribution in [0.25, 0.3) is 0 Å². The van der Waals surface area contributed by atoms with Gasteiger partial charge in [-0.15, -0.1) is 0 Å². The second-order valence-corrected chi connectivity index (χ2v) is 6.89. The highest BCUT2D eigenvalue weighted by Crippen LogP contribution is 2.09. The SMILES string of the molecule is C[C@H](NC(=O)OC(C)(C)C)C(=O)N(C)C[C@H](O)[C@@H](O)[C@H](O)[C@H](O)CO. The summed E-state index contributed by atoms with van der Waals surface area (Å²) in [4.78, 5) is 24.9. The largest absolute Gasteiger partial charge is 0.444 e. The summed E-state index contributed by atoms with van der Waals surface area (Å²) in [5, 5.41) is 49.5. The molecule has 0 radical (unpaired) electrons. The predicted octanol–water partition coefficient (Wildman–Crippen LogP) is -2.21. The first-order chi connectivity index (χ1) is 11.3. The van der Waals surface area contributed by atoms with Crippen molar-refractivity contribution in [2.45, 2.75) is 63.8 Å². The van der Waals surface area contributed by atoms with Crippen molar-refractivity contribution in [3.05, 3.63) is 0 Å². The van der Waals surface area contributed by atoms with Gasteiger partial charge in [0.1, 0.15) is 36.1 Å². The molecule has 0 bridgehead atoms. The quantitative estimate of drug-likeness (QED) is 0.282. The van der Waals surface area contributed by atoms with Gasteiger partial charge < -0.3 is 40.5 Å². The molecule has 2 amide bonds. The first-order valence-electron chi connectivity index (χ1n) is 7.87. The van der Waals surface area contributed by atoms with Crippen LogP contribution in [0.2, 0.25) is 0 Å². The van der Waals surface area contributed by atoms with Gasteiger partial charge in [0, 0.05) is 13.6 Å². The van der Waals surface area contributed by atoms with Gasteiger partial charge in [0.15, 0.2) is 0 Å². The summed E-state index contributed by atoms with van der Waals surface area (Å²) in [6.45, 7) is 5.29. The molecule has 10 nitrogen and oxygen atoms in total. The maximum absolute atomic E-state index is 12.2. The Morgan fingerprint density at radius 2 is 1.56 bits per heavy atom. The number of hydrogen-bond donors (Lipinski definition) is 6. The van der Waals surface area contributed by atoms with Crippen molar-refractivity contribution >= 4 is 12.0 Å². The summed E-state index contributed by atoms with van der Waals surface area (Å²) in [6.07, 6.45) is -7.52. The molecule has 25 heavy (non-hydrogen) atoms. The Kier molecular flexibility index (Phi) is 9.30. The monoisotopic (exact) mass is 366 g/mol. The van der Waals surface area contributed by atoms with Gasteiger partial charge in [-0.2, -0.15) is 0 Å². The van der Waals surface area contributed by atoms with Gasteiger partial charge in [-0.25, -0.2) is 4.79 Å². The number of carbonyl (C=O) groups excluding carboxylic acids is 2. The van der Waals surface area contributed by atoms with Gasteiger partial charge in [0.05, 0.1) is 6.61 Å². The van der Waals surface area contributed by atoms with E-state index in [2.05, 4.69) is 5.32 Å². The zero-order valence-corrected chi connectivity index (χ0v) is 15.2. The zero-order valence-electron chi connectivity index (χ0n) is 15.2. The zero-order chi connectivity index (χ0) is 19.9. The average Bonchev–Trinajstić information content (AvgIpc) is 2.49.